The number of rotatable bonds is 6. The average Bonchev–Trinajstić information content (AvgIpc) is 2.37. The smallest absolute Gasteiger partial charge is 0.209 e. The second-order valence-corrected chi connectivity index (χ2v) is 6.44. The number of fused-ring (bicyclic) bond motifs is 1. The molecule has 1 heterocycles. The molecule has 20 heavy (non-hydrogen) atoms. The third-order valence-electron chi connectivity index (χ3n) is 2.90. The number of benzene rings is 1. The highest BCUT2D eigenvalue weighted by Crippen LogP contribution is 2.24. The van der Waals surface area contributed by atoms with Gasteiger partial charge in [-0.2, -0.15) is 0 Å². The number of aromatic nitrogens is 1. The summed E-state index contributed by atoms with van der Waals surface area (Å²) in [7, 11) is -3.38. The number of aryl methyl sites for hydroxylation is 1. The Morgan fingerprint density at radius 2 is 2.00 bits per heavy atom. The lowest BCUT2D eigenvalue weighted by molar-refractivity contribution is 0.312. The number of hydrogen-bond acceptors (Lipinski definition) is 4. The standard InChI is InChI=1S/C14H18N2O3S/c1-11-7-8-12-5-4-6-13(14(12)16-11)19-9-2-3-10-20(15,17)18/h4-8H,2-3,9-10H2,1H3,(H2,15,17,18). The molecule has 108 valence electrons. The van der Waals surface area contributed by atoms with Crippen molar-refractivity contribution in [1.29, 1.82) is 0 Å². The molecule has 0 amide bonds. The first-order valence-electron chi connectivity index (χ1n) is 6.45. The van der Waals surface area contributed by atoms with Gasteiger partial charge in [0.2, 0.25) is 10.0 Å². The van der Waals surface area contributed by atoms with Crippen LogP contribution in [0.4, 0.5) is 0 Å². The van der Waals surface area contributed by atoms with Crippen molar-refractivity contribution in [2.45, 2.75) is 19.8 Å². The van der Waals surface area contributed by atoms with Crippen molar-refractivity contribution >= 4 is 20.9 Å². The predicted octanol–water partition coefficient (Wildman–Crippen LogP) is 1.99. The van der Waals surface area contributed by atoms with Crippen LogP contribution in [0.5, 0.6) is 5.75 Å². The molecular weight excluding hydrogens is 276 g/mol. The highest BCUT2D eigenvalue weighted by molar-refractivity contribution is 7.89. The Balaban J connectivity index is 1.98. The summed E-state index contributed by atoms with van der Waals surface area (Å²) in [4.78, 5) is 4.47. The normalized spacial score (nSPS) is 11.7. The van der Waals surface area contributed by atoms with Gasteiger partial charge < -0.3 is 4.74 Å². The number of primary sulfonamides is 1. The number of sulfonamides is 1. The van der Waals surface area contributed by atoms with Crippen molar-refractivity contribution in [3.05, 3.63) is 36.0 Å². The van der Waals surface area contributed by atoms with E-state index in [0.29, 0.717) is 19.4 Å². The molecule has 0 aliphatic rings. The second-order valence-electron chi connectivity index (χ2n) is 4.70. The van der Waals surface area contributed by atoms with E-state index in [9.17, 15) is 8.42 Å². The van der Waals surface area contributed by atoms with Crippen LogP contribution in [-0.4, -0.2) is 25.8 Å². The highest BCUT2D eigenvalue weighted by atomic mass is 32.2. The molecule has 0 aliphatic heterocycles. The molecule has 6 heteroatoms. The van der Waals surface area contributed by atoms with Crippen LogP contribution >= 0.6 is 0 Å². The van der Waals surface area contributed by atoms with Crippen LogP contribution in [0.1, 0.15) is 18.5 Å². The molecule has 0 radical (unpaired) electrons. The van der Waals surface area contributed by atoms with Crippen LogP contribution in [0.3, 0.4) is 0 Å². The van der Waals surface area contributed by atoms with Crippen molar-refractivity contribution in [1.82, 2.24) is 4.98 Å². The SMILES string of the molecule is Cc1ccc2cccc(OCCCCS(N)(=O)=O)c2n1. The van der Waals surface area contributed by atoms with Crippen molar-refractivity contribution in [2.24, 2.45) is 5.14 Å². The van der Waals surface area contributed by atoms with Gasteiger partial charge in [0.1, 0.15) is 11.3 Å². The molecule has 0 spiro atoms. The number of para-hydroxylation sites is 1. The quantitative estimate of drug-likeness (QED) is 0.826. The van der Waals surface area contributed by atoms with Gasteiger partial charge in [-0.05, 0) is 31.9 Å². The first-order valence-corrected chi connectivity index (χ1v) is 8.17. The van der Waals surface area contributed by atoms with E-state index in [0.717, 1.165) is 22.3 Å². The van der Waals surface area contributed by atoms with E-state index in [-0.39, 0.29) is 5.75 Å². The third kappa shape index (κ3) is 4.18. The fourth-order valence-electron chi connectivity index (χ4n) is 1.92. The van der Waals surface area contributed by atoms with Gasteiger partial charge in [-0.15, -0.1) is 0 Å². The molecule has 0 fully saturated rings. The van der Waals surface area contributed by atoms with E-state index in [2.05, 4.69) is 4.98 Å². The Hall–Kier alpha value is -1.66. The van der Waals surface area contributed by atoms with Crippen LogP contribution in [0.15, 0.2) is 30.3 Å². The minimum absolute atomic E-state index is 0.0107. The Morgan fingerprint density at radius 3 is 2.75 bits per heavy atom. The Bertz CT molecular complexity index is 699. The van der Waals surface area contributed by atoms with Gasteiger partial charge in [-0.3, -0.25) is 0 Å². The molecule has 5 nitrogen and oxygen atoms in total. The lowest BCUT2D eigenvalue weighted by Gasteiger charge is -2.09. The zero-order valence-corrected chi connectivity index (χ0v) is 12.2. The van der Waals surface area contributed by atoms with E-state index in [1.807, 2.05) is 37.3 Å². The van der Waals surface area contributed by atoms with Gasteiger partial charge in [0, 0.05) is 11.1 Å². The molecule has 0 aliphatic carbocycles. The Kier molecular flexibility index (Phi) is 4.57. The summed E-state index contributed by atoms with van der Waals surface area (Å²) in [6.45, 7) is 2.38. The van der Waals surface area contributed by atoms with E-state index in [4.69, 9.17) is 9.88 Å². The molecule has 0 saturated carbocycles. The Labute approximate surface area is 118 Å². The van der Waals surface area contributed by atoms with E-state index < -0.39 is 10.0 Å². The average molecular weight is 294 g/mol. The summed E-state index contributed by atoms with van der Waals surface area (Å²) in [5.41, 5.74) is 1.77. The lowest BCUT2D eigenvalue weighted by Crippen LogP contribution is -2.16. The first kappa shape index (κ1) is 14.7. The second kappa shape index (κ2) is 6.19. The molecule has 2 N–H and O–H groups in total. The summed E-state index contributed by atoms with van der Waals surface area (Å²) in [5, 5.41) is 5.97. The minimum Gasteiger partial charge on any atom is -0.491 e. The van der Waals surface area contributed by atoms with Gasteiger partial charge >= 0.3 is 0 Å². The number of ether oxygens (including phenoxy) is 1. The fraction of sp³-hybridized carbons (Fsp3) is 0.357. The van der Waals surface area contributed by atoms with Gasteiger partial charge in [-0.25, -0.2) is 18.5 Å². The number of nitrogens with two attached hydrogens (primary N) is 1. The molecule has 2 aromatic rings. The molecule has 1 aromatic heterocycles. The molecule has 1 aromatic carbocycles. The summed E-state index contributed by atoms with van der Waals surface area (Å²) < 4.78 is 27.3. The topological polar surface area (TPSA) is 82.3 Å². The van der Waals surface area contributed by atoms with E-state index in [1.54, 1.807) is 0 Å². The van der Waals surface area contributed by atoms with Gasteiger partial charge in [-0.1, -0.05) is 18.2 Å². The van der Waals surface area contributed by atoms with Crippen LogP contribution in [0, 0.1) is 6.92 Å². The molecular formula is C14H18N2O3S. The highest BCUT2D eigenvalue weighted by Gasteiger charge is 2.05. The fourth-order valence-corrected chi connectivity index (χ4v) is 2.53. The minimum atomic E-state index is -3.38. The zero-order valence-electron chi connectivity index (χ0n) is 11.4. The summed E-state index contributed by atoms with van der Waals surface area (Å²) in [6.07, 6.45) is 1.13. The van der Waals surface area contributed by atoms with Crippen LogP contribution in [0.25, 0.3) is 10.9 Å². The molecule has 0 saturated heterocycles. The van der Waals surface area contributed by atoms with Crippen molar-refractivity contribution in [3.8, 4) is 5.75 Å². The zero-order chi connectivity index (χ0) is 14.6. The summed E-state index contributed by atoms with van der Waals surface area (Å²) >= 11 is 0. The first-order chi connectivity index (χ1) is 9.46. The van der Waals surface area contributed by atoms with Gasteiger partial charge in [0.15, 0.2) is 0 Å². The monoisotopic (exact) mass is 294 g/mol. The maximum Gasteiger partial charge on any atom is 0.209 e. The summed E-state index contributed by atoms with van der Waals surface area (Å²) in [5.74, 6) is 0.713. The molecule has 0 atom stereocenters. The Morgan fingerprint density at radius 1 is 1.20 bits per heavy atom. The van der Waals surface area contributed by atoms with Gasteiger partial charge in [0.05, 0.1) is 12.4 Å². The number of nitrogens with zero attached hydrogens (tertiary/aromatic N) is 1. The van der Waals surface area contributed by atoms with Crippen molar-refractivity contribution in [2.75, 3.05) is 12.4 Å². The molecule has 0 bridgehead atoms. The number of pyridine rings is 1. The maximum absolute atomic E-state index is 10.8. The van der Waals surface area contributed by atoms with Crippen LogP contribution in [-0.2, 0) is 10.0 Å². The molecule has 2 rings (SSSR count). The number of hydrogen-bond donors (Lipinski definition) is 1. The van der Waals surface area contributed by atoms with Crippen LogP contribution < -0.4 is 9.88 Å². The predicted molar refractivity (Wildman–Crippen MR) is 79.2 cm³/mol. The third-order valence-corrected chi connectivity index (χ3v) is 3.76. The maximum atomic E-state index is 10.8. The summed E-state index contributed by atoms with van der Waals surface area (Å²) in [6, 6.07) is 9.73. The van der Waals surface area contributed by atoms with E-state index in [1.165, 1.54) is 0 Å². The van der Waals surface area contributed by atoms with Gasteiger partial charge in [0.25, 0.3) is 0 Å². The lowest BCUT2D eigenvalue weighted by atomic mass is 10.2. The van der Waals surface area contributed by atoms with Crippen molar-refractivity contribution < 1.29 is 13.2 Å². The van der Waals surface area contributed by atoms with E-state index >= 15 is 0 Å². The molecule has 0 unspecified atom stereocenters. The van der Waals surface area contributed by atoms with Crippen LogP contribution in [0.2, 0.25) is 0 Å². The van der Waals surface area contributed by atoms with Crippen molar-refractivity contribution in [3.63, 3.8) is 0 Å². The number of unbranched alkanes of at least 4 members (excludes halogenated alkanes) is 1. The largest absolute Gasteiger partial charge is 0.491 e.